The van der Waals surface area contributed by atoms with Crippen LogP contribution in [0.5, 0.6) is 0 Å². The topological polar surface area (TPSA) is 80.2 Å². The van der Waals surface area contributed by atoms with Crippen molar-refractivity contribution < 1.29 is 19.1 Å². The number of alkyl carbamates (subject to hydrolysis) is 1. The number of amides is 1. The quantitative estimate of drug-likeness (QED) is 0.640. The van der Waals surface area contributed by atoms with Crippen LogP contribution in [0.15, 0.2) is 29.3 Å². The lowest BCUT2D eigenvalue weighted by Crippen LogP contribution is -2.48. The minimum atomic E-state index is -0.710. The van der Waals surface area contributed by atoms with E-state index in [4.69, 9.17) is 14.5 Å². The van der Waals surface area contributed by atoms with E-state index >= 15 is 0 Å². The number of carbonyl (C=O) groups is 2. The van der Waals surface area contributed by atoms with Crippen molar-refractivity contribution in [3.63, 3.8) is 0 Å². The number of esters is 1. The molecule has 2 bridgehead atoms. The summed E-state index contributed by atoms with van der Waals surface area (Å²) < 4.78 is 11.5. The number of hydrogen-bond donors (Lipinski definition) is 1. The average Bonchev–Trinajstić information content (AvgIpc) is 3.05. The number of anilines is 1. The molecule has 1 amide bonds. The number of rotatable bonds is 5. The van der Waals surface area contributed by atoms with Crippen molar-refractivity contribution in [1.82, 2.24) is 5.32 Å². The smallest absolute Gasteiger partial charge is 0.407 e. The van der Waals surface area contributed by atoms with Crippen molar-refractivity contribution in [3.8, 4) is 0 Å². The standard InChI is InChI=1S/C27H39N3O4/c1-25(2,3)34-24(32)28-15-18(16-9-11-17(12-10-16)30(7)8)20-23(31)33-21-19-13-14-27(6,22(21)29-20)26(19,4)5/h9-12,18-21H,13-15H2,1-8H3,(H,28,32)/t18-,19-,20+,21-,27+/m1/s1. The summed E-state index contributed by atoms with van der Waals surface area (Å²) in [6, 6.07) is 7.33. The van der Waals surface area contributed by atoms with E-state index in [0.29, 0.717) is 5.92 Å². The normalized spacial score (nSPS) is 30.2. The Morgan fingerprint density at radius 2 is 1.88 bits per heavy atom. The predicted octanol–water partition coefficient (Wildman–Crippen LogP) is 4.55. The Labute approximate surface area is 203 Å². The minimum absolute atomic E-state index is 0.0310. The summed E-state index contributed by atoms with van der Waals surface area (Å²) in [6.45, 7) is 12.5. The molecule has 2 aliphatic carbocycles. The molecular weight excluding hydrogens is 430 g/mol. The van der Waals surface area contributed by atoms with E-state index in [-0.39, 0.29) is 35.4 Å². The van der Waals surface area contributed by atoms with Crippen LogP contribution in [0.25, 0.3) is 0 Å². The van der Waals surface area contributed by atoms with Crippen molar-refractivity contribution in [3.05, 3.63) is 29.8 Å². The van der Waals surface area contributed by atoms with Crippen LogP contribution in [0.4, 0.5) is 10.5 Å². The lowest BCUT2D eigenvalue weighted by Gasteiger charge is -2.37. The molecule has 7 nitrogen and oxygen atoms in total. The number of benzene rings is 1. The number of aliphatic imine (C=N–C) groups is 1. The van der Waals surface area contributed by atoms with Gasteiger partial charge in [0, 0.05) is 43.6 Å². The molecule has 0 spiro atoms. The van der Waals surface area contributed by atoms with Gasteiger partial charge in [-0.1, -0.05) is 32.9 Å². The molecule has 1 aromatic rings. The number of nitrogens with one attached hydrogen (secondary N) is 1. The van der Waals surface area contributed by atoms with Gasteiger partial charge in [-0.3, -0.25) is 4.99 Å². The third-order valence-corrected chi connectivity index (χ3v) is 8.35. The first kappa shape index (κ1) is 24.6. The van der Waals surface area contributed by atoms with E-state index in [0.717, 1.165) is 29.8 Å². The van der Waals surface area contributed by atoms with Crippen LogP contribution < -0.4 is 10.2 Å². The highest BCUT2D eigenvalue weighted by Gasteiger charge is 2.67. The summed E-state index contributed by atoms with van der Waals surface area (Å²) in [5.74, 6) is -0.372. The molecule has 1 aromatic carbocycles. The van der Waals surface area contributed by atoms with E-state index in [1.807, 2.05) is 64.0 Å². The van der Waals surface area contributed by atoms with Gasteiger partial charge in [-0.15, -0.1) is 0 Å². The van der Waals surface area contributed by atoms with Gasteiger partial charge in [0.25, 0.3) is 0 Å². The zero-order chi connectivity index (χ0) is 25.1. The van der Waals surface area contributed by atoms with E-state index in [2.05, 4.69) is 26.1 Å². The number of carbonyl (C=O) groups excluding carboxylic acids is 2. The molecule has 1 aliphatic heterocycles. The average molecular weight is 470 g/mol. The molecule has 34 heavy (non-hydrogen) atoms. The molecule has 2 fully saturated rings. The summed E-state index contributed by atoms with van der Waals surface area (Å²) in [4.78, 5) is 32.9. The van der Waals surface area contributed by atoms with Gasteiger partial charge >= 0.3 is 12.1 Å². The van der Waals surface area contributed by atoms with E-state index in [1.54, 1.807) is 0 Å². The fraction of sp³-hybridized carbons (Fsp3) is 0.667. The van der Waals surface area contributed by atoms with E-state index < -0.39 is 17.7 Å². The molecule has 0 unspecified atom stereocenters. The minimum Gasteiger partial charge on any atom is -0.454 e. The Kier molecular flexibility index (Phi) is 5.98. The zero-order valence-corrected chi connectivity index (χ0v) is 21.8. The van der Waals surface area contributed by atoms with Gasteiger partial charge in [0.2, 0.25) is 0 Å². The largest absolute Gasteiger partial charge is 0.454 e. The molecule has 0 aromatic heterocycles. The van der Waals surface area contributed by atoms with Gasteiger partial charge in [0.05, 0.1) is 5.71 Å². The first-order valence-corrected chi connectivity index (χ1v) is 12.3. The van der Waals surface area contributed by atoms with Crippen LogP contribution in [0, 0.1) is 16.7 Å². The highest BCUT2D eigenvalue weighted by Crippen LogP contribution is 2.65. The first-order valence-electron chi connectivity index (χ1n) is 12.3. The Bertz CT molecular complexity index is 992. The van der Waals surface area contributed by atoms with Crippen molar-refractivity contribution in [1.29, 1.82) is 0 Å². The molecule has 2 saturated carbocycles. The zero-order valence-electron chi connectivity index (χ0n) is 21.8. The lowest BCUT2D eigenvalue weighted by molar-refractivity contribution is -0.152. The maximum absolute atomic E-state index is 13.3. The molecule has 3 aliphatic rings. The summed E-state index contributed by atoms with van der Waals surface area (Å²) in [6.07, 6.45) is 1.38. The van der Waals surface area contributed by atoms with Crippen LogP contribution in [0.2, 0.25) is 0 Å². The maximum atomic E-state index is 13.3. The van der Waals surface area contributed by atoms with Gasteiger partial charge in [-0.25, -0.2) is 9.59 Å². The number of fused-ring (bicyclic) bond motifs is 5. The Morgan fingerprint density at radius 3 is 2.47 bits per heavy atom. The molecule has 4 rings (SSSR count). The molecular formula is C27H39N3O4. The summed E-state index contributed by atoms with van der Waals surface area (Å²) in [5, 5.41) is 2.86. The molecule has 5 atom stereocenters. The van der Waals surface area contributed by atoms with Crippen LogP contribution in [0.1, 0.15) is 65.9 Å². The van der Waals surface area contributed by atoms with Crippen LogP contribution in [-0.2, 0) is 14.3 Å². The monoisotopic (exact) mass is 469 g/mol. The summed E-state index contributed by atoms with van der Waals surface area (Å²) in [5.41, 5.74) is 2.35. The molecule has 1 N–H and O–H groups in total. The second kappa shape index (κ2) is 8.28. The van der Waals surface area contributed by atoms with Crippen molar-refractivity contribution in [2.45, 2.75) is 78.0 Å². The van der Waals surface area contributed by atoms with Gasteiger partial charge in [-0.05, 0) is 56.7 Å². The van der Waals surface area contributed by atoms with Crippen molar-refractivity contribution in [2.24, 2.45) is 21.7 Å². The van der Waals surface area contributed by atoms with Gasteiger partial charge in [-0.2, -0.15) is 0 Å². The Morgan fingerprint density at radius 1 is 1.24 bits per heavy atom. The fourth-order valence-corrected chi connectivity index (χ4v) is 5.97. The Balaban J connectivity index is 1.67. The molecule has 1 heterocycles. The lowest BCUT2D eigenvalue weighted by atomic mass is 9.70. The number of nitrogens with zero attached hydrogens (tertiary/aromatic N) is 2. The van der Waals surface area contributed by atoms with Crippen molar-refractivity contribution >= 4 is 23.5 Å². The Hall–Kier alpha value is -2.57. The van der Waals surface area contributed by atoms with Gasteiger partial charge in [0.15, 0.2) is 6.04 Å². The summed E-state index contributed by atoms with van der Waals surface area (Å²) >= 11 is 0. The van der Waals surface area contributed by atoms with Crippen LogP contribution >= 0.6 is 0 Å². The second-order valence-electron chi connectivity index (χ2n) is 12.0. The van der Waals surface area contributed by atoms with E-state index in [9.17, 15) is 9.59 Å². The molecule has 186 valence electrons. The maximum Gasteiger partial charge on any atom is 0.407 e. The third kappa shape index (κ3) is 4.07. The van der Waals surface area contributed by atoms with Crippen LogP contribution in [0.3, 0.4) is 0 Å². The number of hydrogen-bond acceptors (Lipinski definition) is 6. The third-order valence-electron chi connectivity index (χ3n) is 8.35. The SMILES string of the molecule is CN(C)c1ccc([C@@H](CNC(=O)OC(C)(C)C)[C@@H]2N=C3[C@H](OC2=O)[C@H]2CC[C@]3(C)C2(C)C)cc1. The molecule has 7 heteroatoms. The second-order valence-corrected chi connectivity index (χ2v) is 12.0. The highest BCUT2D eigenvalue weighted by molar-refractivity contribution is 6.03. The number of ether oxygens (including phenoxy) is 2. The van der Waals surface area contributed by atoms with Crippen molar-refractivity contribution in [2.75, 3.05) is 25.5 Å². The first-order chi connectivity index (χ1) is 15.7. The molecule has 0 saturated heterocycles. The van der Waals surface area contributed by atoms with Gasteiger partial charge < -0.3 is 19.7 Å². The summed E-state index contributed by atoms with van der Waals surface area (Å²) in [7, 11) is 3.97. The predicted molar refractivity (Wildman–Crippen MR) is 133 cm³/mol. The molecule has 0 radical (unpaired) electrons. The van der Waals surface area contributed by atoms with Gasteiger partial charge in [0.1, 0.15) is 11.7 Å². The van der Waals surface area contributed by atoms with E-state index in [1.165, 1.54) is 0 Å². The fourth-order valence-electron chi connectivity index (χ4n) is 5.97. The highest BCUT2D eigenvalue weighted by atomic mass is 16.6. The van der Waals surface area contributed by atoms with Crippen LogP contribution in [-0.4, -0.2) is 56.2 Å².